The Morgan fingerprint density at radius 3 is 2.56 bits per heavy atom. The molecule has 1 aromatic carbocycles. The van der Waals surface area contributed by atoms with E-state index in [4.69, 9.17) is 10.2 Å². The average molecular weight is 282 g/mol. The third kappa shape index (κ3) is 2.02. The van der Waals surface area contributed by atoms with Crippen LogP contribution in [-0.2, 0) is 0 Å². The van der Waals surface area contributed by atoms with Gasteiger partial charge in [0.05, 0.1) is 6.04 Å². The van der Waals surface area contributed by atoms with Gasteiger partial charge >= 0.3 is 0 Å². The topological polar surface area (TPSA) is 39.2 Å². The molecule has 0 aliphatic rings. The summed E-state index contributed by atoms with van der Waals surface area (Å²) < 4.78 is 6.82. The van der Waals surface area contributed by atoms with E-state index in [-0.39, 0.29) is 11.5 Å². The number of hydrogen-bond donors (Lipinski definition) is 1. The van der Waals surface area contributed by atoms with Crippen molar-refractivity contribution in [2.75, 3.05) is 0 Å². The van der Waals surface area contributed by atoms with Gasteiger partial charge in [0.25, 0.3) is 0 Å². The summed E-state index contributed by atoms with van der Waals surface area (Å²) in [5.41, 5.74) is 7.06. The Morgan fingerprint density at radius 2 is 2.00 bits per heavy atom. The van der Waals surface area contributed by atoms with E-state index in [1.54, 1.807) is 0 Å². The van der Waals surface area contributed by atoms with Crippen LogP contribution in [0, 0.1) is 5.41 Å². The molecular weight excluding hydrogens is 266 g/mol. The first-order valence-corrected chi connectivity index (χ1v) is 6.12. The molecule has 1 aromatic heterocycles. The lowest BCUT2D eigenvalue weighted by Gasteiger charge is -2.24. The lowest BCUT2D eigenvalue weighted by Crippen LogP contribution is -2.25. The van der Waals surface area contributed by atoms with Crippen LogP contribution in [0.5, 0.6) is 0 Å². The zero-order chi connectivity index (χ0) is 11.9. The Hall–Kier alpha value is -0.800. The minimum absolute atomic E-state index is 0.000350. The van der Waals surface area contributed by atoms with E-state index in [0.29, 0.717) is 0 Å². The molecule has 0 aliphatic heterocycles. The largest absolute Gasteiger partial charge is 0.459 e. The number of hydrogen-bond acceptors (Lipinski definition) is 2. The van der Waals surface area contributed by atoms with E-state index < -0.39 is 0 Å². The summed E-state index contributed by atoms with van der Waals surface area (Å²) in [5.74, 6) is 0.842. The molecule has 3 heteroatoms. The van der Waals surface area contributed by atoms with Gasteiger partial charge in [-0.15, -0.1) is 0 Å². The number of furan rings is 1. The van der Waals surface area contributed by atoms with E-state index in [2.05, 4.69) is 36.7 Å². The fourth-order valence-electron chi connectivity index (χ4n) is 1.63. The first-order chi connectivity index (χ1) is 7.39. The highest BCUT2D eigenvalue weighted by molar-refractivity contribution is 9.10. The SMILES string of the molecule is CC(C)(C)[C@@H](N)c1cc2c(Br)cccc2o1. The maximum absolute atomic E-state index is 6.18. The van der Waals surface area contributed by atoms with E-state index in [1.807, 2.05) is 24.3 Å². The third-order valence-electron chi connectivity index (χ3n) is 2.77. The summed E-state index contributed by atoms with van der Waals surface area (Å²) in [6.45, 7) is 6.33. The van der Waals surface area contributed by atoms with Gasteiger partial charge in [0.1, 0.15) is 11.3 Å². The standard InChI is InChI=1S/C13H16BrNO/c1-13(2,3)12(15)11-7-8-9(14)5-4-6-10(8)16-11/h4-7,12H,15H2,1-3H3/t12-/m0/s1. The summed E-state index contributed by atoms with van der Waals surface area (Å²) in [6.07, 6.45) is 0. The second-order valence-electron chi connectivity index (χ2n) is 5.14. The van der Waals surface area contributed by atoms with Crippen LogP contribution in [0.25, 0.3) is 11.0 Å². The molecule has 2 aromatic rings. The summed E-state index contributed by atoms with van der Waals surface area (Å²) in [7, 11) is 0. The normalized spacial score (nSPS) is 14.3. The van der Waals surface area contributed by atoms with Crippen LogP contribution in [0.2, 0.25) is 0 Å². The highest BCUT2D eigenvalue weighted by Gasteiger charge is 2.25. The predicted molar refractivity (Wildman–Crippen MR) is 70.3 cm³/mol. The molecule has 0 aliphatic carbocycles. The molecule has 0 bridgehead atoms. The van der Waals surface area contributed by atoms with Crippen LogP contribution in [0.3, 0.4) is 0 Å². The van der Waals surface area contributed by atoms with E-state index >= 15 is 0 Å². The molecule has 0 unspecified atom stereocenters. The van der Waals surface area contributed by atoms with E-state index in [0.717, 1.165) is 21.2 Å². The molecule has 0 saturated carbocycles. The number of rotatable bonds is 1. The van der Waals surface area contributed by atoms with E-state index in [1.165, 1.54) is 0 Å². The van der Waals surface area contributed by atoms with Gasteiger partial charge in [-0.25, -0.2) is 0 Å². The molecule has 16 heavy (non-hydrogen) atoms. The smallest absolute Gasteiger partial charge is 0.135 e. The van der Waals surface area contributed by atoms with Gasteiger partial charge in [-0.1, -0.05) is 42.8 Å². The van der Waals surface area contributed by atoms with Crippen molar-refractivity contribution < 1.29 is 4.42 Å². The zero-order valence-corrected chi connectivity index (χ0v) is 11.3. The first kappa shape index (κ1) is 11.7. The van der Waals surface area contributed by atoms with Crippen molar-refractivity contribution in [1.29, 1.82) is 0 Å². The molecule has 0 fully saturated rings. The molecule has 0 radical (unpaired) electrons. The Bertz CT molecular complexity index is 510. The van der Waals surface area contributed by atoms with Gasteiger partial charge in [-0.05, 0) is 23.6 Å². The highest BCUT2D eigenvalue weighted by Crippen LogP contribution is 2.35. The number of fused-ring (bicyclic) bond motifs is 1. The van der Waals surface area contributed by atoms with Crippen LogP contribution in [0.4, 0.5) is 0 Å². The van der Waals surface area contributed by atoms with Crippen LogP contribution in [-0.4, -0.2) is 0 Å². The predicted octanol–water partition coefficient (Wildman–Crippen LogP) is 4.24. The minimum Gasteiger partial charge on any atom is -0.459 e. The van der Waals surface area contributed by atoms with Crippen molar-refractivity contribution in [1.82, 2.24) is 0 Å². The highest BCUT2D eigenvalue weighted by atomic mass is 79.9. The summed E-state index contributed by atoms with van der Waals surface area (Å²) in [4.78, 5) is 0. The molecule has 0 amide bonds. The third-order valence-corrected chi connectivity index (χ3v) is 3.46. The van der Waals surface area contributed by atoms with Gasteiger partial charge in [-0.3, -0.25) is 0 Å². The monoisotopic (exact) mass is 281 g/mol. The molecular formula is C13H16BrNO. The van der Waals surface area contributed by atoms with Crippen molar-refractivity contribution in [3.05, 3.63) is 34.5 Å². The zero-order valence-electron chi connectivity index (χ0n) is 9.75. The van der Waals surface area contributed by atoms with Gasteiger partial charge in [0, 0.05) is 9.86 Å². The van der Waals surface area contributed by atoms with Crippen molar-refractivity contribution in [2.45, 2.75) is 26.8 Å². The summed E-state index contributed by atoms with van der Waals surface area (Å²) in [5, 5.41) is 1.08. The van der Waals surface area contributed by atoms with E-state index in [9.17, 15) is 0 Å². The molecule has 0 saturated heterocycles. The number of nitrogens with two attached hydrogens (primary N) is 1. The molecule has 2 rings (SSSR count). The number of halogens is 1. The van der Waals surface area contributed by atoms with Crippen LogP contribution in [0.15, 0.2) is 33.2 Å². The van der Waals surface area contributed by atoms with Crippen molar-refractivity contribution >= 4 is 26.9 Å². The lowest BCUT2D eigenvalue weighted by molar-refractivity contribution is 0.290. The Balaban J connectivity index is 2.52. The minimum atomic E-state index is -0.0909. The fourth-order valence-corrected chi connectivity index (χ4v) is 2.09. The maximum Gasteiger partial charge on any atom is 0.135 e. The quantitative estimate of drug-likeness (QED) is 0.849. The Morgan fingerprint density at radius 1 is 1.31 bits per heavy atom. The van der Waals surface area contributed by atoms with Crippen LogP contribution in [0.1, 0.15) is 32.6 Å². The van der Waals surface area contributed by atoms with Gasteiger partial charge in [-0.2, -0.15) is 0 Å². The summed E-state index contributed by atoms with van der Waals surface area (Å²) >= 11 is 3.51. The van der Waals surface area contributed by atoms with Gasteiger partial charge in [0.2, 0.25) is 0 Å². The molecule has 86 valence electrons. The average Bonchev–Trinajstić information content (AvgIpc) is 2.60. The van der Waals surface area contributed by atoms with Gasteiger partial charge in [0.15, 0.2) is 0 Å². The lowest BCUT2D eigenvalue weighted by atomic mass is 9.86. The first-order valence-electron chi connectivity index (χ1n) is 5.33. The van der Waals surface area contributed by atoms with Crippen LogP contribution < -0.4 is 5.73 Å². The Labute approximate surface area is 104 Å². The second-order valence-corrected chi connectivity index (χ2v) is 6.00. The second kappa shape index (κ2) is 3.90. The van der Waals surface area contributed by atoms with Crippen molar-refractivity contribution in [3.8, 4) is 0 Å². The van der Waals surface area contributed by atoms with Crippen molar-refractivity contribution in [2.24, 2.45) is 11.1 Å². The molecule has 1 atom stereocenters. The Kier molecular flexibility index (Phi) is 2.84. The maximum atomic E-state index is 6.18. The van der Waals surface area contributed by atoms with Crippen molar-refractivity contribution in [3.63, 3.8) is 0 Å². The summed E-state index contributed by atoms with van der Waals surface area (Å²) in [6, 6.07) is 7.85. The molecule has 2 N–H and O–H groups in total. The molecule has 1 heterocycles. The van der Waals surface area contributed by atoms with Gasteiger partial charge < -0.3 is 10.2 Å². The van der Waals surface area contributed by atoms with Crippen LogP contribution >= 0.6 is 15.9 Å². The molecule has 0 spiro atoms. The molecule has 2 nitrogen and oxygen atoms in total. The fraction of sp³-hybridized carbons (Fsp3) is 0.385. The number of benzene rings is 1.